The molecule has 1 aromatic rings. The molecule has 0 aliphatic carbocycles. The normalized spacial score (nSPS) is 12.4. The number of carbonyl (C=O) groups is 1. The van der Waals surface area contributed by atoms with Crippen molar-refractivity contribution in [1.82, 2.24) is 19.6 Å². The van der Waals surface area contributed by atoms with Crippen LogP contribution in [0.15, 0.2) is 17.6 Å². The summed E-state index contributed by atoms with van der Waals surface area (Å²) in [6, 6.07) is 0. The van der Waals surface area contributed by atoms with Crippen molar-refractivity contribution < 1.29 is 13.2 Å². The largest absolute Gasteiger partial charge is 0.353 e. The van der Waals surface area contributed by atoms with Crippen molar-refractivity contribution in [2.45, 2.75) is 24.4 Å². The molecule has 108 valence electrons. The van der Waals surface area contributed by atoms with E-state index in [9.17, 15) is 13.2 Å². The standard InChI is InChI=1S/C10H19N5O3S/c1-10(2,11)6-12-8(16)4-14-19(17,18)9-5-15(3)7-13-9/h5,7,14H,4,6,11H2,1-3H3,(H,12,16). The van der Waals surface area contributed by atoms with E-state index < -0.39 is 21.5 Å². The number of imidazole rings is 1. The lowest BCUT2D eigenvalue weighted by Gasteiger charge is -2.18. The molecule has 8 nitrogen and oxygen atoms in total. The molecule has 9 heteroatoms. The van der Waals surface area contributed by atoms with Crippen LogP contribution in [-0.2, 0) is 21.9 Å². The van der Waals surface area contributed by atoms with Gasteiger partial charge in [0.05, 0.1) is 12.9 Å². The number of nitrogens with zero attached hydrogens (tertiary/aromatic N) is 2. The zero-order valence-electron chi connectivity index (χ0n) is 11.2. The summed E-state index contributed by atoms with van der Waals surface area (Å²) in [6.45, 7) is 3.42. The van der Waals surface area contributed by atoms with E-state index in [1.807, 2.05) is 0 Å². The SMILES string of the molecule is Cn1cnc(S(=O)(=O)NCC(=O)NCC(C)(C)N)c1. The van der Waals surface area contributed by atoms with E-state index in [0.29, 0.717) is 0 Å². The quantitative estimate of drug-likeness (QED) is 0.592. The second kappa shape index (κ2) is 5.68. The average Bonchev–Trinajstić information content (AvgIpc) is 2.70. The number of aryl methyl sites for hydroxylation is 1. The molecule has 4 N–H and O–H groups in total. The molecule has 0 aliphatic heterocycles. The Balaban J connectivity index is 2.50. The summed E-state index contributed by atoms with van der Waals surface area (Å²) >= 11 is 0. The van der Waals surface area contributed by atoms with Gasteiger partial charge in [0, 0.05) is 25.3 Å². The Kier molecular flexibility index (Phi) is 4.66. The third-order valence-electron chi connectivity index (χ3n) is 2.12. The zero-order valence-corrected chi connectivity index (χ0v) is 12.0. The van der Waals surface area contributed by atoms with Gasteiger partial charge in [-0.05, 0) is 13.8 Å². The summed E-state index contributed by atoms with van der Waals surface area (Å²) in [5.41, 5.74) is 5.15. The van der Waals surface area contributed by atoms with Crippen molar-refractivity contribution in [1.29, 1.82) is 0 Å². The van der Waals surface area contributed by atoms with Gasteiger partial charge in [0.1, 0.15) is 0 Å². The van der Waals surface area contributed by atoms with Gasteiger partial charge in [-0.1, -0.05) is 0 Å². The Bertz CT molecular complexity index is 544. The number of sulfonamides is 1. The first-order valence-corrected chi connectivity index (χ1v) is 7.12. The smallest absolute Gasteiger partial charge is 0.260 e. The third kappa shape index (κ3) is 5.37. The van der Waals surface area contributed by atoms with Crippen LogP contribution in [0.25, 0.3) is 0 Å². The minimum absolute atomic E-state index is 0.123. The third-order valence-corrected chi connectivity index (χ3v) is 3.41. The Morgan fingerprint density at radius 2 is 2.16 bits per heavy atom. The number of nitrogens with one attached hydrogen (secondary N) is 2. The first-order chi connectivity index (χ1) is 8.60. The summed E-state index contributed by atoms with van der Waals surface area (Å²) in [4.78, 5) is 15.2. The first-order valence-electron chi connectivity index (χ1n) is 5.63. The lowest BCUT2D eigenvalue weighted by molar-refractivity contribution is -0.120. The Morgan fingerprint density at radius 1 is 1.53 bits per heavy atom. The molecule has 0 saturated carbocycles. The summed E-state index contributed by atoms with van der Waals surface area (Å²) in [7, 11) is -2.11. The lowest BCUT2D eigenvalue weighted by Crippen LogP contribution is -2.47. The molecular weight excluding hydrogens is 270 g/mol. The first kappa shape index (κ1) is 15.6. The highest BCUT2D eigenvalue weighted by molar-refractivity contribution is 7.89. The molecule has 0 aliphatic rings. The highest BCUT2D eigenvalue weighted by Gasteiger charge is 2.18. The number of hydrogen-bond donors (Lipinski definition) is 3. The fourth-order valence-electron chi connectivity index (χ4n) is 1.15. The summed E-state index contributed by atoms with van der Waals surface area (Å²) in [5.74, 6) is -0.446. The number of amides is 1. The number of rotatable bonds is 6. The Morgan fingerprint density at radius 3 is 2.63 bits per heavy atom. The molecule has 0 aromatic carbocycles. The topological polar surface area (TPSA) is 119 Å². The molecular formula is C10H19N5O3S. The van der Waals surface area contributed by atoms with Crippen LogP contribution in [0.1, 0.15) is 13.8 Å². The number of carbonyl (C=O) groups excluding carboxylic acids is 1. The van der Waals surface area contributed by atoms with Gasteiger partial charge in [-0.2, -0.15) is 0 Å². The fourth-order valence-corrected chi connectivity index (χ4v) is 2.11. The maximum absolute atomic E-state index is 11.8. The van der Waals surface area contributed by atoms with Gasteiger partial charge in [-0.15, -0.1) is 0 Å². The molecule has 0 saturated heterocycles. The maximum Gasteiger partial charge on any atom is 0.260 e. The van der Waals surface area contributed by atoms with Gasteiger partial charge in [0.25, 0.3) is 10.0 Å². The average molecular weight is 289 g/mol. The van der Waals surface area contributed by atoms with Crippen LogP contribution in [0, 0.1) is 0 Å². The van der Waals surface area contributed by atoms with Gasteiger partial charge >= 0.3 is 0 Å². The molecule has 1 aromatic heterocycles. The summed E-state index contributed by atoms with van der Waals surface area (Å²) < 4.78 is 27.2. The van der Waals surface area contributed by atoms with Crippen LogP contribution in [0.4, 0.5) is 0 Å². The Hall–Kier alpha value is -1.45. The van der Waals surface area contributed by atoms with Crippen LogP contribution in [-0.4, -0.2) is 42.5 Å². The molecule has 0 unspecified atom stereocenters. The maximum atomic E-state index is 11.8. The molecule has 1 amide bonds. The van der Waals surface area contributed by atoms with Gasteiger partial charge < -0.3 is 15.6 Å². The van der Waals surface area contributed by atoms with Gasteiger partial charge in [0.15, 0.2) is 5.03 Å². The second-order valence-corrected chi connectivity index (χ2v) is 6.68. The van der Waals surface area contributed by atoms with E-state index >= 15 is 0 Å². The Labute approximate surface area is 112 Å². The monoisotopic (exact) mass is 289 g/mol. The molecule has 0 atom stereocenters. The van der Waals surface area contributed by atoms with Crippen molar-refractivity contribution in [3.63, 3.8) is 0 Å². The van der Waals surface area contributed by atoms with Crippen LogP contribution < -0.4 is 15.8 Å². The van der Waals surface area contributed by atoms with Crippen LogP contribution in [0.5, 0.6) is 0 Å². The van der Waals surface area contributed by atoms with Crippen molar-refractivity contribution in [2.24, 2.45) is 12.8 Å². The van der Waals surface area contributed by atoms with Crippen molar-refractivity contribution in [2.75, 3.05) is 13.1 Å². The van der Waals surface area contributed by atoms with E-state index in [0.717, 1.165) is 0 Å². The molecule has 1 rings (SSSR count). The minimum atomic E-state index is -3.76. The number of nitrogens with two attached hydrogens (primary N) is 1. The second-order valence-electron chi connectivity index (χ2n) is 4.97. The molecule has 0 radical (unpaired) electrons. The molecule has 0 bridgehead atoms. The molecule has 0 fully saturated rings. The highest BCUT2D eigenvalue weighted by Crippen LogP contribution is 2.03. The van der Waals surface area contributed by atoms with Crippen LogP contribution in [0.2, 0.25) is 0 Å². The number of aromatic nitrogens is 2. The van der Waals surface area contributed by atoms with Crippen LogP contribution in [0.3, 0.4) is 0 Å². The van der Waals surface area contributed by atoms with Crippen LogP contribution >= 0.6 is 0 Å². The van der Waals surface area contributed by atoms with E-state index in [1.165, 1.54) is 17.1 Å². The summed E-state index contributed by atoms with van der Waals surface area (Å²) in [5, 5.41) is 2.41. The minimum Gasteiger partial charge on any atom is -0.353 e. The predicted molar refractivity (Wildman–Crippen MR) is 69.7 cm³/mol. The van der Waals surface area contributed by atoms with E-state index in [2.05, 4.69) is 15.0 Å². The van der Waals surface area contributed by atoms with E-state index in [4.69, 9.17) is 5.73 Å². The van der Waals surface area contributed by atoms with Gasteiger partial charge in [-0.3, -0.25) is 4.79 Å². The number of hydrogen-bond acceptors (Lipinski definition) is 5. The highest BCUT2D eigenvalue weighted by atomic mass is 32.2. The fraction of sp³-hybridized carbons (Fsp3) is 0.600. The predicted octanol–water partition coefficient (Wildman–Crippen LogP) is -1.45. The molecule has 19 heavy (non-hydrogen) atoms. The summed E-state index contributed by atoms with van der Waals surface area (Å²) in [6.07, 6.45) is 2.72. The lowest BCUT2D eigenvalue weighted by atomic mass is 10.1. The van der Waals surface area contributed by atoms with Gasteiger partial charge in [0.2, 0.25) is 5.91 Å². The molecule has 0 spiro atoms. The van der Waals surface area contributed by atoms with Crippen molar-refractivity contribution in [3.8, 4) is 0 Å². The van der Waals surface area contributed by atoms with E-state index in [-0.39, 0.29) is 18.1 Å². The van der Waals surface area contributed by atoms with Crippen molar-refractivity contribution in [3.05, 3.63) is 12.5 Å². The van der Waals surface area contributed by atoms with E-state index in [1.54, 1.807) is 20.9 Å². The zero-order chi connectivity index (χ0) is 14.7. The van der Waals surface area contributed by atoms with Gasteiger partial charge in [-0.25, -0.2) is 18.1 Å². The van der Waals surface area contributed by atoms with Crippen molar-refractivity contribution >= 4 is 15.9 Å². The molecule has 1 heterocycles.